The number of hydrogen-bond donors (Lipinski definition) is 2. The first kappa shape index (κ1) is 21.8. The Morgan fingerprint density at radius 2 is 2.06 bits per heavy atom. The number of nitrogens with one attached hydrogen (secondary N) is 1. The van der Waals surface area contributed by atoms with E-state index in [0.717, 1.165) is 5.39 Å². The summed E-state index contributed by atoms with van der Waals surface area (Å²) in [4.78, 5) is 37.5. The van der Waals surface area contributed by atoms with Crippen molar-refractivity contribution in [2.45, 2.75) is 38.3 Å². The average Bonchev–Trinajstić information content (AvgIpc) is 3.47. The number of aliphatic hydroxyl groups excluding tert-OH is 1. The number of aromatic amines is 1. The van der Waals surface area contributed by atoms with E-state index in [1.165, 1.54) is 16.8 Å². The van der Waals surface area contributed by atoms with Crippen molar-refractivity contribution in [2.75, 3.05) is 6.61 Å². The molecule has 0 aliphatic carbocycles. The molecule has 0 bridgehead atoms. The molecule has 12 heteroatoms. The fraction of sp³-hybridized carbons (Fsp3) is 0.318. The standard InChI is InChI=1S/C22H21N5O7/c1-12-8-26(22(31)23-21(12)30)19-7-16(18(10-28)33-19)27-9-14(24-25-27)11-32-15-3-4-17-13(6-15)2-5-20(29)34-17/h2-6,8-9,16,18-19,28H,7,10-11H2,1H3,(H,23,30,31)/t16-,18+,19+/m0/s1. The van der Waals surface area contributed by atoms with E-state index in [4.69, 9.17) is 13.9 Å². The molecule has 0 amide bonds. The molecule has 12 nitrogen and oxygen atoms in total. The second-order valence-corrected chi connectivity index (χ2v) is 8.03. The van der Waals surface area contributed by atoms with Gasteiger partial charge in [-0.3, -0.25) is 14.3 Å². The lowest BCUT2D eigenvalue weighted by atomic mass is 10.1. The minimum absolute atomic E-state index is 0.141. The van der Waals surface area contributed by atoms with E-state index >= 15 is 0 Å². The monoisotopic (exact) mass is 467 g/mol. The zero-order valence-electron chi connectivity index (χ0n) is 18.1. The van der Waals surface area contributed by atoms with Crippen molar-refractivity contribution < 1.29 is 19.0 Å². The van der Waals surface area contributed by atoms with Crippen molar-refractivity contribution in [3.8, 4) is 5.75 Å². The van der Waals surface area contributed by atoms with Crippen LogP contribution in [0.1, 0.15) is 29.9 Å². The summed E-state index contributed by atoms with van der Waals surface area (Å²) in [6.45, 7) is 1.46. The normalized spacial score (nSPS) is 20.1. The van der Waals surface area contributed by atoms with Gasteiger partial charge in [0.25, 0.3) is 5.56 Å². The van der Waals surface area contributed by atoms with Crippen molar-refractivity contribution in [3.05, 3.63) is 85.2 Å². The van der Waals surface area contributed by atoms with Gasteiger partial charge in [-0.1, -0.05) is 5.21 Å². The van der Waals surface area contributed by atoms with Gasteiger partial charge in [0.1, 0.15) is 36.0 Å². The van der Waals surface area contributed by atoms with Crippen molar-refractivity contribution >= 4 is 11.0 Å². The van der Waals surface area contributed by atoms with E-state index in [0.29, 0.717) is 29.0 Å². The molecule has 5 rings (SSSR count). The average molecular weight is 467 g/mol. The number of ether oxygens (including phenoxy) is 2. The first-order valence-corrected chi connectivity index (χ1v) is 10.6. The van der Waals surface area contributed by atoms with Gasteiger partial charge in [-0.25, -0.2) is 14.3 Å². The molecule has 0 spiro atoms. The van der Waals surface area contributed by atoms with Crippen LogP contribution in [0.3, 0.4) is 0 Å². The lowest BCUT2D eigenvalue weighted by Gasteiger charge is -2.15. The van der Waals surface area contributed by atoms with E-state index in [1.807, 2.05) is 0 Å². The van der Waals surface area contributed by atoms with E-state index in [-0.39, 0.29) is 19.3 Å². The van der Waals surface area contributed by atoms with Gasteiger partial charge in [-0.2, -0.15) is 0 Å². The maximum atomic E-state index is 12.2. The zero-order chi connectivity index (χ0) is 23.8. The van der Waals surface area contributed by atoms with E-state index in [1.54, 1.807) is 42.1 Å². The van der Waals surface area contributed by atoms with E-state index in [9.17, 15) is 19.5 Å². The smallest absolute Gasteiger partial charge is 0.336 e. The summed E-state index contributed by atoms with van der Waals surface area (Å²) in [6.07, 6.45) is 2.19. The predicted octanol–water partition coefficient (Wildman–Crippen LogP) is 0.643. The van der Waals surface area contributed by atoms with Gasteiger partial charge in [0.05, 0.1) is 18.8 Å². The van der Waals surface area contributed by atoms with Crippen LogP contribution in [0.15, 0.2) is 61.5 Å². The van der Waals surface area contributed by atoms with Crippen molar-refractivity contribution in [3.63, 3.8) is 0 Å². The van der Waals surface area contributed by atoms with Gasteiger partial charge in [0.2, 0.25) is 0 Å². The molecular formula is C22H21N5O7. The number of aromatic nitrogens is 5. The van der Waals surface area contributed by atoms with Crippen LogP contribution in [0.4, 0.5) is 0 Å². The summed E-state index contributed by atoms with van der Waals surface area (Å²) in [5, 5.41) is 18.8. The number of nitrogens with zero attached hydrogens (tertiary/aromatic N) is 4. The Bertz CT molecular complexity index is 1520. The number of fused-ring (bicyclic) bond motifs is 1. The highest BCUT2D eigenvalue weighted by atomic mass is 16.5. The molecule has 0 unspecified atom stereocenters. The number of rotatable bonds is 6. The highest BCUT2D eigenvalue weighted by molar-refractivity contribution is 5.77. The summed E-state index contributed by atoms with van der Waals surface area (Å²) >= 11 is 0. The lowest BCUT2D eigenvalue weighted by Crippen LogP contribution is -2.33. The summed E-state index contributed by atoms with van der Waals surface area (Å²) in [6, 6.07) is 7.73. The largest absolute Gasteiger partial charge is 0.487 e. The highest BCUT2D eigenvalue weighted by Crippen LogP contribution is 2.35. The van der Waals surface area contributed by atoms with Crippen LogP contribution >= 0.6 is 0 Å². The zero-order valence-corrected chi connectivity index (χ0v) is 18.1. The first-order chi connectivity index (χ1) is 16.4. The maximum absolute atomic E-state index is 12.2. The Labute approximate surface area is 191 Å². The van der Waals surface area contributed by atoms with E-state index in [2.05, 4.69) is 15.3 Å². The van der Waals surface area contributed by atoms with Gasteiger partial charge >= 0.3 is 11.3 Å². The van der Waals surface area contributed by atoms with Crippen molar-refractivity contribution in [1.82, 2.24) is 24.5 Å². The quantitative estimate of drug-likeness (QED) is 0.389. The molecule has 3 atom stereocenters. The fourth-order valence-corrected chi connectivity index (χ4v) is 3.97. The molecule has 1 saturated heterocycles. The van der Waals surface area contributed by atoms with Crippen LogP contribution in [0.5, 0.6) is 5.75 Å². The maximum Gasteiger partial charge on any atom is 0.336 e. The van der Waals surface area contributed by atoms with Gasteiger partial charge in [-0.05, 0) is 31.2 Å². The molecule has 1 fully saturated rings. The topological polar surface area (TPSA) is 154 Å². The minimum atomic E-state index is -0.674. The molecule has 176 valence electrons. The Hall–Kier alpha value is -4.03. The molecule has 0 radical (unpaired) electrons. The molecule has 1 aliphatic heterocycles. The van der Waals surface area contributed by atoms with Crippen LogP contribution in [0, 0.1) is 6.92 Å². The molecule has 0 saturated carbocycles. The third-order valence-electron chi connectivity index (χ3n) is 5.72. The Morgan fingerprint density at radius 3 is 2.88 bits per heavy atom. The van der Waals surface area contributed by atoms with Gasteiger partial charge < -0.3 is 19.0 Å². The number of hydrogen-bond acceptors (Lipinski definition) is 9. The second-order valence-electron chi connectivity index (χ2n) is 8.03. The Balaban J connectivity index is 1.30. The fourth-order valence-electron chi connectivity index (χ4n) is 3.97. The number of aryl methyl sites for hydroxylation is 1. The molecule has 1 aromatic carbocycles. The number of benzene rings is 1. The summed E-state index contributed by atoms with van der Waals surface area (Å²) in [5.41, 5.74) is -0.0575. The molecule has 34 heavy (non-hydrogen) atoms. The molecule has 3 aromatic heterocycles. The SMILES string of the molecule is Cc1cn([C@H]2C[C@H](n3cc(COc4ccc5oc(=O)ccc5c4)nn3)[C@@H](CO)O2)c(=O)[nH]c1=O. The Morgan fingerprint density at radius 1 is 1.21 bits per heavy atom. The summed E-state index contributed by atoms with van der Waals surface area (Å²) in [5.74, 6) is 0.571. The summed E-state index contributed by atoms with van der Waals surface area (Å²) in [7, 11) is 0. The molecule has 1 aliphatic rings. The number of aliphatic hydroxyl groups is 1. The predicted molar refractivity (Wildman–Crippen MR) is 118 cm³/mol. The first-order valence-electron chi connectivity index (χ1n) is 10.6. The van der Waals surface area contributed by atoms with Crippen LogP contribution in [-0.2, 0) is 11.3 Å². The van der Waals surface area contributed by atoms with Crippen LogP contribution in [0.25, 0.3) is 11.0 Å². The van der Waals surface area contributed by atoms with Gasteiger partial charge in [-0.15, -0.1) is 5.10 Å². The van der Waals surface area contributed by atoms with Gasteiger partial charge in [0, 0.05) is 29.6 Å². The molecule has 4 aromatic rings. The van der Waals surface area contributed by atoms with Crippen molar-refractivity contribution in [2.24, 2.45) is 0 Å². The molecule has 2 N–H and O–H groups in total. The second kappa shape index (κ2) is 8.72. The van der Waals surface area contributed by atoms with E-state index < -0.39 is 29.2 Å². The Kier molecular flexibility index (Phi) is 5.59. The van der Waals surface area contributed by atoms with Crippen molar-refractivity contribution in [1.29, 1.82) is 0 Å². The van der Waals surface area contributed by atoms with Crippen LogP contribution < -0.4 is 21.6 Å². The molecule has 4 heterocycles. The van der Waals surface area contributed by atoms with Crippen LogP contribution in [-0.4, -0.2) is 42.4 Å². The number of H-pyrrole nitrogens is 1. The molecular weight excluding hydrogens is 446 g/mol. The lowest BCUT2D eigenvalue weighted by molar-refractivity contribution is -0.0323. The van der Waals surface area contributed by atoms with Gasteiger partial charge in [0.15, 0.2) is 0 Å². The third kappa shape index (κ3) is 4.16. The van der Waals surface area contributed by atoms with Crippen LogP contribution in [0.2, 0.25) is 0 Å². The summed E-state index contributed by atoms with van der Waals surface area (Å²) < 4.78 is 19.7. The third-order valence-corrected chi connectivity index (χ3v) is 5.72. The highest BCUT2D eigenvalue weighted by Gasteiger charge is 2.38. The minimum Gasteiger partial charge on any atom is -0.487 e.